The van der Waals surface area contributed by atoms with Crippen LogP contribution in [0.3, 0.4) is 0 Å². The minimum absolute atomic E-state index is 0.0453. The molecule has 2 aromatic carbocycles. The molecule has 1 atom stereocenters. The Kier molecular flexibility index (Phi) is 6.51. The highest BCUT2D eigenvalue weighted by Gasteiger charge is 2.16. The molecule has 6 nitrogen and oxygen atoms in total. The van der Waals surface area contributed by atoms with Crippen molar-refractivity contribution in [3.05, 3.63) is 65.5 Å². The number of carbonyl (C=O) groups excluding carboxylic acids is 2. The quantitative estimate of drug-likeness (QED) is 0.726. The van der Waals surface area contributed by atoms with Crippen LogP contribution in [0.15, 0.2) is 48.5 Å². The van der Waals surface area contributed by atoms with Gasteiger partial charge in [0.2, 0.25) is 5.91 Å². The van der Waals surface area contributed by atoms with Crippen LogP contribution in [0.5, 0.6) is 0 Å². The summed E-state index contributed by atoms with van der Waals surface area (Å²) in [5.41, 5.74) is 1.91. The summed E-state index contributed by atoms with van der Waals surface area (Å²) >= 11 is 0. The third-order valence-electron chi connectivity index (χ3n) is 4.24. The maximum absolute atomic E-state index is 12.9. The van der Waals surface area contributed by atoms with Crippen molar-refractivity contribution in [2.75, 3.05) is 25.1 Å². The molecule has 1 aliphatic heterocycles. The fourth-order valence-electron chi connectivity index (χ4n) is 2.76. The minimum Gasteiger partial charge on any atom is -0.378 e. The molecule has 2 aromatic rings. The Labute approximate surface area is 157 Å². The SMILES string of the molecule is O=C(CC1COCCN1)NCc1ccc(C(=O)Nc2ccc(F)cc2)cc1. The Bertz CT molecular complexity index is 772. The predicted molar refractivity (Wildman–Crippen MR) is 99.9 cm³/mol. The highest BCUT2D eigenvalue weighted by atomic mass is 19.1. The molecule has 2 amide bonds. The summed E-state index contributed by atoms with van der Waals surface area (Å²) in [5.74, 6) is -0.678. The number of ether oxygens (including phenoxy) is 1. The highest BCUT2D eigenvalue weighted by molar-refractivity contribution is 6.04. The molecule has 1 unspecified atom stereocenters. The zero-order valence-corrected chi connectivity index (χ0v) is 14.8. The third-order valence-corrected chi connectivity index (χ3v) is 4.24. The van der Waals surface area contributed by atoms with Crippen molar-refractivity contribution >= 4 is 17.5 Å². The van der Waals surface area contributed by atoms with Crippen molar-refractivity contribution in [3.8, 4) is 0 Å². The van der Waals surface area contributed by atoms with Crippen LogP contribution in [0, 0.1) is 5.82 Å². The van der Waals surface area contributed by atoms with Crippen molar-refractivity contribution in [1.82, 2.24) is 10.6 Å². The summed E-state index contributed by atoms with van der Waals surface area (Å²) in [6.07, 6.45) is 0.373. The van der Waals surface area contributed by atoms with E-state index in [1.165, 1.54) is 24.3 Å². The molecule has 3 N–H and O–H groups in total. The lowest BCUT2D eigenvalue weighted by Gasteiger charge is -2.23. The second-order valence-corrected chi connectivity index (χ2v) is 6.36. The molecular weight excluding hydrogens is 349 g/mol. The van der Waals surface area contributed by atoms with Crippen LogP contribution in [0.25, 0.3) is 0 Å². The predicted octanol–water partition coefficient (Wildman–Crippen LogP) is 2.07. The van der Waals surface area contributed by atoms with E-state index in [1.807, 2.05) is 0 Å². The van der Waals surface area contributed by atoms with Crippen LogP contribution in [0.1, 0.15) is 22.3 Å². The number of carbonyl (C=O) groups is 2. The first-order chi connectivity index (χ1) is 13.1. The van der Waals surface area contributed by atoms with Gasteiger partial charge in [0, 0.05) is 36.8 Å². The molecular formula is C20H22FN3O3. The fourth-order valence-corrected chi connectivity index (χ4v) is 2.76. The lowest BCUT2D eigenvalue weighted by atomic mass is 10.1. The Morgan fingerprint density at radius 3 is 2.52 bits per heavy atom. The average Bonchev–Trinajstić information content (AvgIpc) is 2.69. The van der Waals surface area contributed by atoms with Gasteiger partial charge in [0.25, 0.3) is 5.91 Å². The Balaban J connectivity index is 1.47. The summed E-state index contributed by atoms with van der Waals surface area (Å²) in [5, 5.41) is 8.82. The van der Waals surface area contributed by atoms with Crippen LogP contribution >= 0.6 is 0 Å². The molecule has 1 fully saturated rings. The van der Waals surface area contributed by atoms with Gasteiger partial charge in [-0.05, 0) is 42.0 Å². The number of benzene rings is 2. The Morgan fingerprint density at radius 1 is 1.11 bits per heavy atom. The zero-order valence-electron chi connectivity index (χ0n) is 14.8. The smallest absolute Gasteiger partial charge is 0.255 e. The van der Waals surface area contributed by atoms with Crippen LogP contribution < -0.4 is 16.0 Å². The number of nitrogens with one attached hydrogen (secondary N) is 3. The maximum Gasteiger partial charge on any atom is 0.255 e. The first-order valence-electron chi connectivity index (χ1n) is 8.84. The van der Waals surface area contributed by atoms with Crippen LogP contribution in [-0.4, -0.2) is 37.6 Å². The van der Waals surface area contributed by atoms with Gasteiger partial charge in [-0.3, -0.25) is 9.59 Å². The van der Waals surface area contributed by atoms with Gasteiger partial charge in [-0.1, -0.05) is 12.1 Å². The van der Waals surface area contributed by atoms with Crippen LogP contribution in [0.4, 0.5) is 10.1 Å². The maximum atomic E-state index is 12.9. The number of amides is 2. The number of hydrogen-bond acceptors (Lipinski definition) is 4. The van der Waals surface area contributed by atoms with Crippen molar-refractivity contribution in [2.24, 2.45) is 0 Å². The van der Waals surface area contributed by atoms with Gasteiger partial charge in [-0.25, -0.2) is 4.39 Å². The van der Waals surface area contributed by atoms with Gasteiger partial charge >= 0.3 is 0 Å². The summed E-state index contributed by atoms with van der Waals surface area (Å²) in [6.45, 7) is 2.39. The normalized spacial score (nSPS) is 16.6. The minimum atomic E-state index is -0.355. The molecule has 0 radical (unpaired) electrons. The summed E-state index contributed by atoms with van der Waals surface area (Å²) in [7, 11) is 0. The number of hydrogen-bond donors (Lipinski definition) is 3. The molecule has 7 heteroatoms. The van der Waals surface area contributed by atoms with E-state index < -0.39 is 0 Å². The number of rotatable bonds is 6. The zero-order chi connectivity index (χ0) is 19.1. The lowest BCUT2D eigenvalue weighted by molar-refractivity contribution is -0.122. The van der Waals surface area contributed by atoms with Gasteiger partial charge < -0.3 is 20.7 Å². The monoisotopic (exact) mass is 371 g/mol. The molecule has 1 heterocycles. The first-order valence-corrected chi connectivity index (χ1v) is 8.84. The summed E-state index contributed by atoms with van der Waals surface area (Å²) in [4.78, 5) is 24.2. The van der Waals surface area contributed by atoms with E-state index in [1.54, 1.807) is 24.3 Å². The average molecular weight is 371 g/mol. The molecule has 27 heavy (non-hydrogen) atoms. The first kappa shape index (κ1) is 19.0. The molecule has 1 aliphatic rings. The molecule has 1 saturated heterocycles. The van der Waals surface area contributed by atoms with E-state index in [2.05, 4.69) is 16.0 Å². The van der Waals surface area contributed by atoms with Gasteiger partial charge in [-0.2, -0.15) is 0 Å². The fraction of sp³-hybridized carbons (Fsp3) is 0.300. The van der Waals surface area contributed by atoms with E-state index in [9.17, 15) is 14.0 Å². The summed E-state index contributed by atoms with van der Waals surface area (Å²) < 4.78 is 18.2. The van der Waals surface area contributed by atoms with Crippen molar-refractivity contribution < 1.29 is 18.7 Å². The summed E-state index contributed by atoms with van der Waals surface area (Å²) in [6, 6.07) is 12.6. The van der Waals surface area contributed by atoms with E-state index in [0.717, 1.165) is 12.1 Å². The number of morpholine rings is 1. The molecule has 142 valence electrons. The van der Waals surface area contributed by atoms with Crippen LogP contribution in [-0.2, 0) is 16.1 Å². The Hall–Kier alpha value is -2.77. The van der Waals surface area contributed by atoms with E-state index in [4.69, 9.17) is 4.74 Å². The van der Waals surface area contributed by atoms with Crippen LogP contribution in [0.2, 0.25) is 0 Å². The van der Waals surface area contributed by atoms with Gasteiger partial charge in [0.1, 0.15) is 5.82 Å². The Morgan fingerprint density at radius 2 is 1.85 bits per heavy atom. The molecule has 0 spiro atoms. The van der Waals surface area contributed by atoms with Crippen molar-refractivity contribution in [3.63, 3.8) is 0 Å². The molecule has 0 aromatic heterocycles. The molecule has 0 bridgehead atoms. The van der Waals surface area contributed by atoms with Gasteiger partial charge in [-0.15, -0.1) is 0 Å². The number of anilines is 1. The molecule has 3 rings (SSSR count). The van der Waals surface area contributed by atoms with E-state index in [-0.39, 0.29) is 23.7 Å². The second kappa shape index (κ2) is 9.25. The topological polar surface area (TPSA) is 79.5 Å². The lowest BCUT2D eigenvalue weighted by Crippen LogP contribution is -2.44. The van der Waals surface area contributed by atoms with Gasteiger partial charge in [0.15, 0.2) is 0 Å². The third kappa shape index (κ3) is 5.87. The van der Waals surface area contributed by atoms with Gasteiger partial charge in [0.05, 0.1) is 13.2 Å². The van der Waals surface area contributed by atoms with E-state index >= 15 is 0 Å². The van der Waals surface area contributed by atoms with Crippen molar-refractivity contribution in [2.45, 2.75) is 19.0 Å². The molecule has 0 saturated carbocycles. The molecule has 0 aliphatic carbocycles. The number of halogens is 1. The van der Waals surface area contributed by atoms with E-state index in [0.29, 0.717) is 37.4 Å². The highest BCUT2D eigenvalue weighted by Crippen LogP contribution is 2.11. The standard InChI is InChI=1S/C20H22FN3O3/c21-16-5-7-17(8-6-16)24-20(26)15-3-1-14(2-4-15)12-23-19(25)11-18-13-27-10-9-22-18/h1-8,18,22H,9-13H2,(H,23,25)(H,24,26). The second-order valence-electron chi connectivity index (χ2n) is 6.36. The van der Waals surface area contributed by atoms with Crippen molar-refractivity contribution in [1.29, 1.82) is 0 Å². The largest absolute Gasteiger partial charge is 0.378 e.